The molecule has 0 saturated heterocycles. The third-order valence-corrected chi connectivity index (χ3v) is 4.05. The molecule has 1 aliphatic heterocycles. The van der Waals surface area contributed by atoms with Gasteiger partial charge in [0, 0.05) is 44.0 Å². The highest BCUT2D eigenvalue weighted by molar-refractivity contribution is 5.98. The van der Waals surface area contributed by atoms with Gasteiger partial charge < -0.3 is 15.2 Å². The number of hydrogen-bond donors (Lipinski definition) is 2. The van der Waals surface area contributed by atoms with Crippen molar-refractivity contribution in [1.29, 1.82) is 0 Å². The molecule has 2 aromatic rings. The Kier molecular flexibility index (Phi) is 3.71. The smallest absolute Gasteiger partial charge is 0.253 e. The van der Waals surface area contributed by atoms with Crippen molar-refractivity contribution in [1.82, 2.24) is 15.2 Å². The van der Waals surface area contributed by atoms with Crippen LogP contribution in [0.5, 0.6) is 0 Å². The maximum absolute atomic E-state index is 12.0. The first kappa shape index (κ1) is 14.4. The first-order chi connectivity index (χ1) is 10.6. The molecule has 1 aromatic carbocycles. The summed E-state index contributed by atoms with van der Waals surface area (Å²) in [6.07, 6.45) is 2.88. The van der Waals surface area contributed by atoms with Gasteiger partial charge in [-0.15, -0.1) is 0 Å². The van der Waals surface area contributed by atoms with E-state index in [1.165, 1.54) is 0 Å². The van der Waals surface area contributed by atoms with Crippen LogP contribution >= 0.6 is 0 Å². The molecule has 0 bridgehead atoms. The third kappa shape index (κ3) is 2.50. The topological polar surface area (TPSA) is 63.1 Å². The molecule has 5 nitrogen and oxygen atoms in total. The Hall–Kier alpha value is -2.56. The number of carbonyl (C=O) groups is 2. The van der Waals surface area contributed by atoms with Crippen molar-refractivity contribution in [3.8, 4) is 0 Å². The van der Waals surface area contributed by atoms with E-state index in [2.05, 4.69) is 15.2 Å². The zero-order valence-corrected chi connectivity index (χ0v) is 12.8. The van der Waals surface area contributed by atoms with Gasteiger partial charge in [0.25, 0.3) is 11.8 Å². The van der Waals surface area contributed by atoms with Crippen LogP contribution in [-0.4, -0.2) is 30.0 Å². The minimum atomic E-state index is -0.0857. The molecule has 1 aromatic heterocycles. The summed E-state index contributed by atoms with van der Waals surface area (Å²) >= 11 is 0. The van der Waals surface area contributed by atoms with Gasteiger partial charge in [0.2, 0.25) is 0 Å². The zero-order chi connectivity index (χ0) is 15.7. The Morgan fingerprint density at radius 2 is 2.05 bits per heavy atom. The van der Waals surface area contributed by atoms with Gasteiger partial charge >= 0.3 is 0 Å². The van der Waals surface area contributed by atoms with Crippen molar-refractivity contribution in [3.63, 3.8) is 0 Å². The van der Waals surface area contributed by atoms with Gasteiger partial charge in [0.05, 0.1) is 5.56 Å². The van der Waals surface area contributed by atoms with E-state index in [0.29, 0.717) is 18.7 Å². The van der Waals surface area contributed by atoms with E-state index in [9.17, 15) is 9.59 Å². The first-order valence-electron chi connectivity index (χ1n) is 7.38. The quantitative estimate of drug-likeness (QED) is 0.901. The highest BCUT2D eigenvalue weighted by atomic mass is 16.2. The Labute approximate surface area is 129 Å². The fourth-order valence-electron chi connectivity index (χ4n) is 2.95. The van der Waals surface area contributed by atoms with E-state index in [4.69, 9.17) is 0 Å². The van der Waals surface area contributed by atoms with Crippen LogP contribution in [-0.2, 0) is 13.0 Å². The number of aromatic nitrogens is 1. The number of nitrogens with one attached hydrogen (secondary N) is 2. The minimum absolute atomic E-state index is 0.0208. The van der Waals surface area contributed by atoms with Gasteiger partial charge in [-0.25, -0.2) is 0 Å². The molecular formula is C17H19N3O2. The average Bonchev–Trinajstić information content (AvgIpc) is 2.85. The molecule has 2 amide bonds. The predicted molar refractivity (Wildman–Crippen MR) is 84.1 cm³/mol. The van der Waals surface area contributed by atoms with Crippen LogP contribution in [0.4, 0.5) is 0 Å². The van der Waals surface area contributed by atoms with Crippen LogP contribution in [0.15, 0.2) is 30.5 Å². The summed E-state index contributed by atoms with van der Waals surface area (Å²) in [4.78, 5) is 23.5. The number of hydrogen-bond acceptors (Lipinski definition) is 2. The number of benzene rings is 1. The Morgan fingerprint density at radius 3 is 2.73 bits per heavy atom. The average molecular weight is 297 g/mol. The maximum Gasteiger partial charge on any atom is 0.253 e. The molecule has 2 heterocycles. The number of amides is 2. The van der Waals surface area contributed by atoms with Crippen molar-refractivity contribution < 1.29 is 9.59 Å². The summed E-state index contributed by atoms with van der Waals surface area (Å²) < 4.78 is 2.14. The Morgan fingerprint density at radius 1 is 1.32 bits per heavy atom. The largest absolute Gasteiger partial charge is 0.355 e. The van der Waals surface area contributed by atoms with E-state index in [1.54, 1.807) is 7.05 Å². The summed E-state index contributed by atoms with van der Waals surface area (Å²) in [5, 5.41) is 5.50. The number of nitrogens with zero attached hydrogens (tertiary/aromatic N) is 1. The van der Waals surface area contributed by atoms with Crippen molar-refractivity contribution in [2.75, 3.05) is 13.6 Å². The second kappa shape index (κ2) is 5.67. The normalized spacial score (nSPS) is 13.5. The first-order valence-corrected chi connectivity index (χ1v) is 7.38. The summed E-state index contributed by atoms with van der Waals surface area (Å²) in [7, 11) is 1.62. The monoisotopic (exact) mass is 297 g/mol. The zero-order valence-electron chi connectivity index (χ0n) is 12.8. The molecule has 0 fully saturated rings. The second-order valence-corrected chi connectivity index (χ2v) is 5.54. The van der Waals surface area contributed by atoms with Crippen LogP contribution in [0.25, 0.3) is 0 Å². The lowest BCUT2D eigenvalue weighted by Crippen LogP contribution is -2.32. The standard InChI is InChI=1S/C17H19N3O2/c1-11-9-20(14-7-8-19-17(22)15(11)14)10-12-3-5-13(6-4-12)16(21)18-2/h3-6,9H,7-8,10H2,1-2H3,(H,18,21)(H,19,22). The van der Waals surface area contributed by atoms with Gasteiger partial charge in [0.1, 0.15) is 0 Å². The molecule has 2 N–H and O–H groups in total. The molecule has 22 heavy (non-hydrogen) atoms. The summed E-state index contributed by atoms with van der Waals surface area (Å²) in [5.41, 5.74) is 4.67. The lowest BCUT2D eigenvalue weighted by Gasteiger charge is -2.16. The highest BCUT2D eigenvalue weighted by Gasteiger charge is 2.23. The van der Waals surface area contributed by atoms with E-state index in [1.807, 2.05) is 37.4 Å². The highest BCUT2D eigenvalue weighted by Crippen LogP contribution is 2.21. The molecule has 0 saturated carbocycles. The molecule has 114 valence electrons. The molecular weight excluding hydrogens is 278 g/mol. The number of aryl methyl sites for hydroxylation is 1. The van der Waals surface area contributed by atoms with E-state index >= 15 is 0 Å². The number of fused-ring (bicyclic) bond motifs is 1. The van der Waals surface area contributed by atoms with Crippen molar-refractivity contribution in [2.45, 2.75) is 19.9 Å². The van der Waals surface area contributed by atoms with Gasteiger partial charge in [-0.2, -0.15) is 0 Å². The third-order valence-electron chi connectivity index (χ3n) is 4.05. The molecule has 3 rings (SSSR count). The Bertz CT molecular complexity index is 729. The molecule has 0 aliphatic carbocycles. The SMILES string of the molecule is CNC(=O)c1ccc(Cn2cc(C)c3c2CCNC3=O)cc1. The van der Waals surface area contributed by atoms with Crippen molar-refractivity contribution in [2.24, 2.45) is 0 Å². The molecule has 0 spiro atoms. The van der Waals surface area contributed by atoms with Crippen LogP contribution in [0, 0.1) is 6.92 Å². The van der Waals surface area contributed by atoms with E-state index in [0.717, 1.165) is 28.8 Å². The molecule has 5 heteroatoms. The molecule has 1 aliphatic rings. The lowest BCUT2D eigenvalue weighted by atomic mass is 10.1. The fraction of sp³-hybridized carbons (Fsp3) is 0.294. The minimum Gasteiger partial charge on any atom is -0.355 e. The fourth-order valence-corrected chi connectivity index (χ4v) is 2.95. The molecule has 0 unspecified atom stereocenters. The number of rotatable bonds is 3. The van der Waals surface area contributed by atoms with Gasteiger partial charge in [-0.05, 0) is 30.2 Å². The summed E-state index contributed by atoms with van der Waals surface area (Å²) in [6, 6.07) is 7.55. The van der Waals surface area contributed by atoms with Gasteiger partial charge in [-0.3, -0.25) is 9.59 Å². The second-order valence-electron chi connectivity index (χ2n) is 5.54. The van der Waals surface area contributed by atoms with E-state index < -0.39 is 0 Å². The van der Waals surface area contributed by atoms with Crippen LogP contribution in [0.1, 0.15) is 37.5 Å². The molecule has 0 radical (unpaired) electrons. The van der Waals surface area contributed by atoms with Crippen LogP contribution in [0.3, 0.4) is 0 Å². The van der Waals surface area contributed by atoms with Crippen LogP contribution < -0.4 is 10.6 Å². The van der Waals surface area contributed by atoms with Gasteiger partial charge in [0.15, 0.2) is 0 Å². The Balaban J connectivity index is 1.86. The van der Waals surface area contributed by atoms with Gasteiger partial charge in [-0.1, -0.05) is 12.1 Å². The van der Waals surface area contributed by atoms with Crippen molar-refractivity contribution >= 4 is 11.8 Å². The summed E-state index contributed by atoms with van der Waals surface area (Å²) in [6.45, 7) is 3.36. The van der Waals surface area contributed by atoms with Crippen LogP contribution in [0.2, 0.25) is 0 Å². The molecule has 0 atom stereocenters. The maximum atomic E-state index is 12.0. The predicted octanol–water partition coefficient (Wildman–Crippen LogP) is 1.49. The summed E-state index contributed by atoms with van der Waals surface area (Å²) in [5.74, 6) is -0.0649. The van der Waals surface area contributed by atoms with Crippen molar-refractivity contribution in [3.05, 3.63) is 58.4 Å². The van der Waals surface area contributed by atoms with E-state index in [-0.39, 0.29) is 11.8 Å². The lowest BCUT2D eigenvalue weighted by molar-refractivity contribution is 0.0941. The number of carbonyl (C=O) groups excluding carboxylic acids is 2.